The standard InChI is InChI=1S/C30H38FN3O3/c1-21-9-11-34(12-10-21)29-17-30(37-32-29)19-33(20-30)18-24-15-26(22-3-4-22)27(16-28(24)36-14-13-35-2)23-5-7-25(31)8-6-23/h5-8,15-16,21-22H,3-4,9-14,17-20H2,1-2H3. The molecule has 37 heavy (non-hydrogen) atoms. The topological polar surface area (TPSA) is 46.5 Å². The average molecular weight is 508 g/mol. The van der Waals surface area contributed by atoms with Crippen molar-refractivity contribution in [2.75, 3.05) is 46.5 Å². The van der Waals surface area contributed by atoms with E-state index < -0.39 is 0 Å². The number of ether oxygens (including phenoxy) is 2. The lowest BCUT2D eigenvalue weighted by Gasteiger charge is -2.45. The largest absolute Gasteiger partial charge is 0.491 e. The summed E-state index contributed by atoms with van der Waals surface area (Å²) in [6.07, 6.45) is 5.79. The van der Waals surface area contributed by atoms with Gasteiger partial charge in [0.15, 0.2) is 5.60 Å². The number of benzene rings is 2. The molecule has 0 bridgehead atoms. The molecular formula is C30H38FN3O3. The van der Waals surface area contributed by atoms with Crippen LogP contribution in [0.2, 0.25) is 0 Å². The molecule has 3 fully saturated rings. The first kappa shape index (κ1) is 24.7. The molecule has 2 saturated heterocycles. The van der Waals surface area contributed by atoms with Crippen LogP contribution in [0.4, 0.5) is 4.39 Å². The number of amidine groups is 1. The lowest BCUT2D eigenvalue weighted by Crippen LogP contribution is -2.61. The SMILES string of the molecule is COCCOc1cc(-c2ccc(F)cc2)c(C2CC2)cc1CN1CC2(CC(N3CCC(C)CC3)=NO2)C1. The predicted molar refractivity (Wildman–Crippen MR) is 142 cm³/mol. The number of oxime groups is 1. The van der Waals surface area contributed by atoms with E-state index in [9.17, 15) is 4.39 Å². The average Bonchev–Trinajstić information content (AvgIpc) is 3.64. The Labute approximate surface area is 219 Å². The second-order valence-corrected chi connectivity index (χ2v) is 11.4. The summed E-state index contributed by atoms with van der Waals surface area (Å²) in [5, 5.41) is 4.52. The van der Waals surface area contributed by atoms with Gasteiger partial charge < -0.3 is 19.2 Å². The maximum absolute atomic E-state index is 13.6. The second-order valence-electron chi connectivity index (χ2n) is 11.4. The molecule has 0 amide bonds. The zero-order chi connectivity index (χ0) is 25.4. The van der Waals surface area contributed by atoms with Crippen molar-refractivity contribution in [3.63, 3.8) is 0 Å². The van der Waals surface area contributed by atoms with E-state index in [0.717, 1.165) is 67.8 Å². The monoisotopic (exact) mass is 507 g/mol. The highest BCUT2D eigenvalue weighted by Gasteiger charge is 2.51. The maximum atomic E-state index is 13.6. The number of likely N-dealkylation sites (tertiary alicyclic amines) is 2. The van der Waals surface area contributed by atoms with Crippen LogP contribution in [0, 0.1) is 11.7 Å². The van der Waals surface area contributed by atoms with Gasteiger partial charge in [0.25, 0.3) is 0 Å². The van der Waals surface area contributed by atoms with Gasteiger partial charge in [0.2, 0.25) is 0 Å². The summed E-state index contributed by atoms with van der Waals surface area (Å²) in [6, 6.07) is 11.3. The molecule has 1 aliphatic carbocycles. The Kier molecular flexibility index (Phi) is 6.84. The van der Waals surface area contributed by atoms with Crippen LogP contribution in [0.15, 0.2) is 41.6 Å². The summed E-state index contributed by atoms with van der Waals surface area (Å²) in [5.74, 6) is 3.18. The first-order valence-electron chi connectivity index (χ1n) is 13.8. The minimum absolute atomic E-state index is 0.178. The van der Waals surface area contributed by atoms with E-state index in [0.29, 0.717) is 19.1 Å². The third-order valence-corrected chi connectivity index (χ3v) is 8.34. The van der Waals surface area contributed by atoms with E-state index in [2.05, 4.69) is 34.0 Å². The van der Waals surface area contributed by atoms with Gasteiger partial charge in [0.05, 0.1) is 13.0 Å². The molecule has 0 aromatic heterocycles. The Balaban J connectivity index is 1.17. The van der Waals surface area contributed by atoms with E-state index in [1.54, 1.807) is 7.11 Å². The number of nitrogens with zero attached hydrogens (tertiary/aromatic N) is 3. The highest BCUT2D eigenvalue weighted by Crippen LogP contribution is 2.47. The number of piperidine rings is 1. The fraction of sp³-hybridized carbons (Fsp3) is 0.567. The quantitative estimate of drug-likeness (QED) is 0.447. The van der Waals surface area contributed by atoms with Gasteiger partial charge in [-0.3, -0.25) is 4.90 Å². The summed E-state index contributed by atoms with van der Waals surface area (Å²) in [4.78, 5) is 10.9. The lowest BCUT2D eigenvalue weighted by atomic mass is 9.88. The van der Waals surface area contributed by atoms with E-state index in [4.69, 9.17) is 14.3 Å². The molecule has 2 aromatic carbocycles. The van der Waals surface area contributed by atoms with Crippen molar-refractivity contribution in [1.82, 2.24) is 9.80 Å². The third kappa shape index (κ3) is 5.34. The van der Waals surface area contributed by atoms with Gasteiger partial charge in [-0.2, -0.15) is 0 Å². The van der Waals surface area contributed by atoms with Gasteiger partial charge in [-0.25, -0.2) is 4.39 Å². The Bertz CT molecular complexity index is 1130. The molecule has 3 aliphatic heterocycles. The molecule has 2 aromatic rings. The summed E-state index contributed by atoms with van der Waals surface area (Å²) < 4.78 is 25.1. The Morgan fingerprint density at radius 3 is 2.51 bits per heavy atom. The molecule has 7 heteroatoms. The lowest BCUT2D eigenvalue weighted by molar-refractivity contribution is -0.128. The van der Waals surface area contributed by atoms with Crippen molar-refractivity contribution in [3.8, 4) is 16.9 Å². The fourth-order valence-electron chi connectivity index (χ4n) is 5.98. The highest BCUT2D eigenvalue weighted by molar-refractivity contribution is 5.84. The van der Waals surface area contributed by atoms with Crippen molar-refractivity contribution < 1.29 is 18.7 Å². The van der Waals surface area contributed by atoms with Crippen molar-refractivity contribution >= 4 is 5.84 Å². The molecule has 6 nitrogen and oxygen atoms in total. The number of halogens is 1. The third-order valence-electron chi connectivity index (χ3n) is 8.34. The van der Waals surface area contributed by atoms with Crippen molar-refractivity contribution in [2.45, 2.75) is 57.1 Å². The van der Waals surface area contributed by atoms with Crippen LogP contribution in [0.5, 0.6) is 5.75 Å². The van der Waals surface area contributed by atoms with Crippen LogP contribution in [0.1, 0.15) is 56.1 Å². The Hall–Kier alpha value is -2.64. The summed E-state index contributed by atoms with van der Waals surface area (Å²) in [6.45, 7) is 8.11. The Morgan fingerprint density at radius 2 is 1.81 bits per heavy atom. The van der Waals surface area contributed by atoms with Gasteiger partial charge >= 0.3 is 0 Å². The summed E-state index contributed by atoms with van der Waals surface area (Å²) in [5.41, 5.74) is 4.54. The van der Waals surface area contributed by atoms with Gasteiger partial charge in [0, 0.05) is 45.4 Å². The van der Waals surface area contributed by atoms with Crippen LogP contribution in [-0.2, 0) is 16.1 Å². The highest BCUT2D eigenvalue weighted by atomic mass is 19.1. The smallest absolute Gasteiger partial charge is 0.170 e. The molecule has 0 radical (unpaired) electrons. The molecule has 0 unspecified atom stereocenters. The maximum Gasteiger partial charge on any atom is 0.170 e. The summed E-state index contributed by atoms with van der Waals surface area (Å²) >= 11 is 0. The molecule has 6 rings (SSSR count). The van der Waals surface area contributed by atoms with E-state index in [-0.39, 0.29) is 11.4 Å². The molecule has 0 atom stereocenters. The van der Waals surface area contributed by atoms with E-state index >= 15 is 0 Å². The van der Waals surface area contributed by atoms with E-state index in [1.807, 2.05) is 12.1 Å². The molecule has 4 aliphatic rings. The number of hydrogen-bond donors (Lipinski definition) is 0. The van der Waals surface area contributed by atoms with Gasteiger partial charge in [0.1, 0.15) is 24.0 Å². The zero-order valence-electron chi connectivity index (χ0n) is 22.0. The van der Waals surface area contributed by atoms with E-state index in [1.165, 1.54) is 48.9 Å². The molecule has 0 N–H and O–H groups in total. The van der Waals surface area contributed by atoms with Crippen molar-refractivity contribution in [3.05, 3.63) is 53.3 Å². The van der Waals surface area contributed by atoms with Crippen LogP contribution in [0.3, 0.4) is 0 Å². The van der Waals surface area contributed by atoms with Gasteiger partial charge in [-0.05, 0) is 78.5 Å². The van der Waals surface area contributed by atoms with Crippen molar-refractivity contribution in [2.24, 2.45) is 11.1 Å². The predicted octanol–water partition coefficient (Wildman–Crippen LogP) is 5.42. The van der Waals surface area contributed by atoms with Gasteiger partial charge in [-0.15, -0.1) is 0 Å². The molecular weight excluding hydrogens is 469 g/mol. The van der Waals surface area contributed by atoms with Gasteiger partial charge in [-0.1, -0.05) is 24.2 Å². The zero-order valence-corrected chi connectivity index (χ0v) is 22.0. The van der Waals surface area contributed by atoms with Crippen LogP contribution in [0.25, 0.3) is 11.1 Å². The normalized spacial score (nSPS) is 21.6. The molecule has 1 saturated carbocycles. The molecule has 198 valence electrons. The molecule has 1 spiro atoms. The summed E-state index contributed by atoms with van der Waals surface area (Å²) in [7, 11) is 1.69. The molecule has 3 heterocycles. The van der Waals surface area contributed by atoms with Crippen LogP contribution >= 0.6 is 0 Å². The number of rotatable bonds is 8. The van der Waals surface area contributed by atoms with Crippen LogP contribution < -0.4 is 4.74 Å². The van der Waals surface area contributed by atoms with Crippen LogP contribution in [-0.4, -0.2) is 67.7 Å². The minimum Gasteiger partial charge on any atom is -0.491 e. The Morgan fingerprint density at radius 1 is 1.05 bits per heavy atom. The second kappa shape index (κ2) is 10.3. The van der Waals surface area contributed by atoms with Crippen molar-refractivity contribution in [1.29, 1.82) is 0 Å². The fourth-order valence-corrected chi connectivity index (χ4v) is 5.98. The minimum atomic E-state index is -0.215. The first-order chi connectivity index (χ1) is 18.0. The first-order valence-corrected chi connectivity index (χ1v) is 13.8. The number of methoxy groups -OCH3 is 1. The number of hydrogen-bond acceptors (Lipinski definition) is 6.